The molecule has 19 heavy (non-hydrogen) atoms. The van der Waals surface area contributed by atoms with Gasteiger partial charge in [-0.15, -0.1) is 0 Å². The van der Waals surface area contributed by atoms with Crippen molar-refractivity contribution in [2.75, 3.05) is 7.05 Å². The van der Waals surface area contributed by atoms with Gasteiger partial charge in [0.1, 0.15) is 5.69 Å². The van der Waals surface area contributed by atoms with Crippen LogP contribution < -0.4 is 5.32 Å². The molecule has 1 aliphatic rings. The molecule has 2 heterocycles. The molecule has 1 aliphatic carbocycles. The number of aromatic nitrogens is 3. The third-order valence-corrected chi connectivity index (χ3v) is 3.85. The molecule has 0 saturated heterocycles. The maximum Gasteiger partial charge on any atom is 0.228 e. The maximum atomic E-state index is 5.31. The molecule has 5 nitrogen and oxygen atoms in total. The molecule has 2 aromatic heterocycles. The second kappa shape index (κ2) is 5.38. The van der Waals surface area contributed by atoms with Gasteiger partial charge in [-0.1, -0.05) is 5.16 Å². The predicted octanol–water partition coefficient (Wildman–Crippen LogP) is 2.43. The van der Waals surface area contributed by atoms with E-state index in [1.807, 2.05) is 19.2 Å². The minimum atomic E-state index is 0.436. The highest BCUT2D eigenvalue weighted by atomic mass is 79.9. The van der Waals surface area contributed by atoms with E-state index in [2.05, 4.69) is 36.4 Å². The fourth-order valence-corrected chi connectivity index (χ4v) is 2.38. The molecule has 1 saturated carbocycles. The smallest absolute Gasteiger partial charge is 0.228 e. The van der Waals surface area contributed by atoms with E-state index in [1.165, 1.54) is 12.8 Å². The molecule has 2 aromatic rings. The Hall–Kier alpha value is -1.27. The van der Waals surface area contributed by atoms with Crippen molar-refractivity contribution in [1.82, 2.24) is 20.4 Å². The number of nitrogens with zero attached hydrogens (tertiary/aromatic N) is 3. The zero-order chi connectivity index (χ0) is 13.2. The van der Waals surface area contributed by atoms with E-state index in [0.29, 0.717) is 17.8 Å². The SMILES string of the molecule is CNC(Cc1nc(-c2ccc(Br)cn2)no1)C1CC1. The van der Waals surface area contributed by atoms with E-state index in [-0.39, 0.29) is 0 Å². The largest absolute Gasteiger partial charge is 0.339 e. The summed E-state index contributed by atoms with van der Waals surface area (Å²) in [7, 11) is 1.98. The molecular weight excluding hydrogens is 308 g/mol. The van der Waals surface area contributed by atoms with Crippen molar-refractivity contribution in [2.45, 2.75) is 25.3 Å². The normalized spacial score (nSPS) is 16.5. The first kappa shape index (κ1) is 12.7. The first-order valence-corrected chi connectivity index (χ1v) is 7.17. The van der Waals surface area contributed by atoms with E-state index >= 15 is 0 Å². The van der Waals surface area contributed by atoms with Gasteiger partial charge in [-0.05, 0) is 53.9 Å². The van der Waals surface area contributed by atoms with Crippen molar-refractivity contribution in [3.8, 4) is 11.5 Å². The van der Waals surface area contributed by atoms with Gasteiger partial charge in [-0.3, -0.25) is 4.98 Å². The Bertz CT molecular complexity index is 550. The number of pyridine rings is 1. The number of likely N-dealkylation sites (N-methyl/N-ethyl adjacent to an activating group) is 1. The van der Waals surface area contributed by atoms with E-state index < -0.39 is 0 Å². The second-order valence-electron chi connectivity index (χ2n) is 4.81. The van der Waals surface area contributed by atoms with Gasteiger partial charge in [-0.25, -0.2) is 0 Å². The summed E-state index contributed by atoms with van der Waals surface area (Å²) in [6.45, 7) is 0. The van der Waals surface area contributed by atoms with E-state index in [1.54, 1.807) is 6.20 Å². The lowest BCUT2D eigenvalue weighted by Gasteiger charge is -2.11. The molecule has 0 spiro atoms. The van der Waals surface area contributed by atoms with Crippen molar-refractivity contribution in [1.29, 1.82) is 0 Å². The van der Waals surface area contributed by atoms with Crippen LogP contribution in [0.25, 0.3) is 11.5 Å². The summed E-state index contributed by atoms with van der Waals surface area (Å²) in [5.41, 5.74) is 0.727. The molecule has 0 aromatic carbocycles. The van der Waals surface area contributed by atoms with Crippen molar-refractivity contribution < 1.29 is 4.52 Å². The first-order valence-electron chi connectivity index (χ1n) is 6.38. The van der Waals surface area contributed by atoms with E-state index in [9.17, 15) is 0 Å². The summed E-state index contributed by atoms with van der Waals surface area (Å²) in [5.74, 6) is 1.98. The fourth-order valence-electron chi connectivity index (χ4n) is 2.14. The van der Waals surface area contributed by atoms with Crippen LogP contribution in [0.3, 0.4) is 0 Å². The minimum Gasteiger partial charge on any atom is -0.339 e. The summed E-state index contributed by atoms with van der Waals surface area (Å²) >= 11 is 3.35. The molecule has 0 amide bonds. The molecule has 1 N–H and O–H groups in total. The molecule has 0 radical (unpaired) electrons. The number of hydrogen-bond acceptors (Lipinski definition) is 5. The Morgan fingerprint density at radius 2 is 2.32 bits per heavy atom. The zero-order valence-electron chi connectivity index (χ0n) is 10.6. The molecule has 1 fully saturated rings. The number of nitrogens with one attached hydrogen (secondary N) is 1. The van der Waals surface area contributed by atoms with Gasteiger partial charge in [0.15, 0.2) is 0 Å². The highest BCUT2D eigenvalue weighted by Crippen LogP contribution is 2.33. The molecule has 1 unspecified atom stereocenters. The van der Waals surface area contributed by atoms with Crippen LogP contribution in [-0.2, 0) is 6.42 Å². The van der Waals surface area contributed by atoms with Crippen molar-refractivity contribution >= 4 is 15.9 Å². The van der Waals surface area contributed by atoms with Gasteiger partial charge < -0.3 is 9.84 Å². The van der Waals surface area contributed by atoms with Crippen molar-refractivity contribution in [2.24, 2.45) is 5.92 Å². The Morgan fingerprint density at radius 3 is 2.95 bits per heavy atom. The highest BCUT2D eigenvalue weighted by molar-refractivity contribution is 9.10. The van der Waals surface area contributed by atoms with Gasteiger partial charge in [-0.2, -0.15) is 4.98 Å². The third kappa shape index (κ3) is 3.01. The average Bonchev–Trinajstić information content (AvgIpc) is 3.16. The van der Waals surface area contributed by atoms with Crippen LogP contribution >= 0.6 is 15.9 Å². The summed E-state index contributed by atoms with van der Waals surface area (Å²) in [4.78, 5) is 8.67. The second-order valence-corrected chi connectivity index (χ2v) is 5.73. The van der Waals surface area contributed by atoms with Gasteiger partial charge in [0, 0.05) is 23.1 Å². The first-order chi connectivity index (χ1) is 9.26. The van der Waals surface area contributed by atoms with Crippen LogP contribution in [0.2, 0.25) is 0 Å². The van der Waals surface area contributed by atoms with Crippen LogP contribution in [0.15, 0.2) is 27.3 Å². The van der Waals surface area contributed by atoms with Gasteiger partial charge >= 0.3 is 0 Å². The molecule has 0 aliphatic heterocycles. The van der Waals surface area contributed by atoms with Crippen LogP contribution in [-0.4, -0.2) is 28.2 Å². The Kier molecular flexibility index (Phi) is 3.61. The predicted molar refractivity (Wildman–Crippen MR) is 74.5 cm³/mol. The summed E-state index contributed by atoms with van der Waals surface area (Å²) in [6, 6.07) is 4.22. The third-order valence-electron chi connectivity index (χ3n) is 3.38. The van der Waals surface area contributed by atoms with Gasteiger partial charge in [0.05, 0.1) is 0 Å². The topological polar surface area (TPSA) is 63.8 Å². The molecule has 6 heteroatoms. The minimum absolute atomic E-state index is 0.436. The number of hydrogen-bond donors (Lipinski definition) is 1. The maximum absolute atomic E-state index is 5.31. The summed E-state index contributed by atoms with van der Waals surface area (Å²) in [6.07, 6.45) is 5.10. The standard InChI is InChI=1S/C13H15BrN4O/c1-15-11(8-2-3-8)6-12-17-13(18-19-12)10-5-4-9(14)7-16-10/h4-5,7-8,11,15H,2-3,6H2,1H3. The molecule has 3 rings (SSSR count). The Labute approximate surface area is 119 Å². The van der Waals surface area contributed by atoms with Crippen molar-refractivity contribution in [3.63, 3.8) is 0 Å². The molecule has 1 atom stereocenters. The van der Waals surface area contributed by atoms with E-state index in [4.69, 9.17) is 4.52 Å². The zero-order valence-corrected chi connectivity index (χ0v) is 12.2. The average molecular weight is 323 g/mol. The number of rotatable bonds is 5. The summed E-state index contributed by atoms with van der Waals surface area (Å²) < 4.78 is 6.24. The lowest BCUT2D eigenvalue weighted by molar-refractivity contribution is 0.352. The summed E-state index contributed by atoms with van der Waals surface area (Å²) in [5, 5.41) is 7.31. The molecule has 0 bridgehead atoms. The lowest BCUT2D eigenvalue weighted by atomic mass is 10.1. The quantitative estimate of drug-likeness (QED) is 0.916. The number of halogens is 1. The van der Waals surface area contributed by atoms with Crippen LogP contribution in [0, 0.1) is 5.92 Å². The fraction of sp³-hybridized carbons (Fsp3) is 0.462. The van der Waals surface area contributed by atoms with Gasteiger partial charge in [0.2, 0.25) is 11.7 Å². The van der Waals surface area contributed by atoms with Crippen molar-refractivity contribution in [3.05, 3.63) is 28.7 Å². The van der Waals surface area contributed by atoms with Crippen LogP contribution in [0.4, 0.5) is 0 Å². The van der Waals surface area contributed by atoms with Crippen LogP contribution in [0.1, 0.15) is 18.7 Å². The molecule has 100 valence electrons. The Morgan fingerprint density at radius 1 is 1.47 bits per heavy atom. The lowest BCUT2D eigenvalue weighted by Crippen LogP contribution is -2.29. The Balaban J connectivity index is 1.73. The molecular formula is C13H15BrN4O. The highest BCUT2D eigenvalue weighted by Gasteiger charge is 2.31. The monoisotopic (exact) mass is 322 g/mol. The van der Waals surface area contributed by atoms with Gasteiger partial charge in [0.25, 0.3) is 0 Å². The van der Waals surface area contributed by atoms with Crippen LogP contribution in [0.5, 0.6) is 0 Å². The van der Waals surface area contributed by atoms with E-state index in [0.717, 1.165) is 22.5 Å².